The normalized spacial score (nSPS) is 23.4. The van der Waals surface area contributed by atoms with Gasteiger partial charge >= 0.3 is 0 Å². The van der Waals surface area contributed by atoms with Crippen LogP contribution in [-0.4, -0.2) is 42.1 Å². The second-order valence-electron chi connectivity index (χ2n) is 10.7. The molecule has 0 unspecified atom stereocenters. The third kappa shape index (κ3) is 5.27. The SMILES string of the molecule is Nc1ccc(N2CCC[C@H](N[C@@H]3CCCC[C@H]3Nc3cc(-c4cccc5c4NC(=O)C5)ccn3)C2)cc1. The molecule has 37 heavy (non-hydrogen) atoms. The van der Waals surface area contributed by atoms with Crippen molar-refractivity contribution < 1.29 is 4.79 Å². The van der Waals surface area contributed by atoms with E-state index in [4.69, 9.17) is 5.73 Å². The number of anilines is 4. The van der Waals surface area contributed by atoms with Crippen LogP contribution < -0.4 is 26.6 Å². The van der Waals surface area contributed by atoms with Gasteiger partial charge in [-0.25, -0.2) is 4.98 Å². The molecule has 0 bridgehead atoms. The number of piperidine rings is 1. The minimum absolute atomic E-state index is 0.0589. The van der Waals surface area contributed by atoms with Gasteiger partial charge < -0.3 is 26.6 Å². The molecule has 3 aromatic rings. The Labute approximate surface area is 218 Å². The predicted molar refractivity (Wildman–Crippen MR) is 151 cm³/mol. The number of para-hydroxylation sites is 1. The first-order valence-electron chi connectivity index (χ1n) is 13.6. The third-order valence-corrected chi connectivity index (χ3v) is 8.07. The molecule has 2 fully saturated rings. The molecule has 5 N–H and O–H groups in total. The molecule has 2 aromatic carbocycles. The van der Waals surface area contributed by atoms with Crippen LogP contribution in [0.15, 0.2) is 60.8 Å². The molecule has 3 aliphatic rings. The van der Waals surface area contributed by atoms with Gasteiger partial charge in [0.05, 0.1) is 12.1 Å². The van der Waals surface area contributed by atoms with E-state index < -0.39 is 0 Å². The summed E-state index contributed by atoms with van der Waals surface area (Å²) < 4.78 is 0. The van der Waals surface area contributed by atoms with Gasteiger partial charge in [-0.1, -0.05) is 31.0 Å². The molecule has 3 atom stereocenters. The highest BCUT2D eigenvalue weighted by atomic mass is 16.1. The number of aromatic nitrogens is 1. The molecule has 7 heteroatoms. The minimum atomic E-state index is 0.0589. The van der Waals surface area contributed by atoms with Crippen molar-refractivity contribution in [1.29, 1.82) is 0 Å². The summed E-state index contributed by atoms with van der Waals surface area (Å²) in [5, 5.41) is 10.8. The number of carbonyl (C=O) groups excluding carboxylic acids is 1. The molecule has 3 heterocycles. The zero-order valence-corrected chi connectivity index (χ0v) is 21.2. The minimum Gasteiger partial charge on any atom is -0.399 e. The zero-order chi connectivity index (χ0) is 25.2. The van der Waals surface area contributed by atoms with Crippen molar-refractivity contribution in [2.24, 2.45) is 0 Å². The van der Waals surface area contributed by atoms with Crippen molar-refractivity contribution in [3.8, 4) is 11.1 Å². The van der Waals surface area contributed by atoms with E-state index in [-0.39, 0.29) is 5.91 Å². The van der Waals surface area contributed by atoms with Crippen molar-refractivity contribution in [2.45, 2.75) is 63.1 Å². The summed E-state index contributed by atoms with van der Waals surface area (Å²) in [5.74, 6) is 0.953. The predicted octanol–water partition coefficient (Wildman–Crippen LogP) is 4.81. The fourth-order valence-electron chi connectivity index (χ4n) is 6.20. The maximum atomic E-state index is 12.0. The molecule has 1 saturated heterocycles. The molecular formula is C30H36N6O. The van der Waals surface area contributed by atoms with Crippen molar-refractivity contribution in [1.82, 2.24) is 10.3 Å². The number of hydrogen-bond donors (Lipinski definition) is 4. The largest absolute Gasteiger partial charge is 0.399 e. The number of fused-ring (bicyclic) bond motifs is 1. The number of hydrogen-bond acceptors (Lipinski definition) is 6. The van der Waals surface area contributed by atoms with E-state index in [1.165, 1.54) is 37.8 Å². The Morgan fingerprint density at radius 2 is 1.81 bits per heavy atom. The van der Waals surface area contributed by atoms with Gasteiger partial charge in [0.2, 0.25) is 5.91 Å². The van der Waals surface area contributed by atoms with Crippen LogP contribution in [0.3, 0.4) is 0 Å². The first-order valence-corrected chi connectivity index (χ1v) is 13.6. The summed E-state index contributed by atoms with van der Waals surface area (Å²) in [7, 11) is 0. The number of nitrogen functional groups attached to an aromatic ring is 1. The second-order valence-corrected chi connectivity index (χ2v) is 10.7. The number of nitrogens with two attached hydrogens (primary N) is 1. The first kappa shape index (κ1) is 23.8. The lowest BCUT2D eigenvalue weighted by Gasteiger charge is -2.40. The lowest BCUT2D eigenvalue weighted by Crippen LogP contribution is -2.54. The van der Waals surface area contributed by atoms with Crippen LogP contribution in [0.4, 0.5) is 22.9 Å². The summed E-state index contributed by atoms with van der Waals surface area (Å²) in [6.07, 6.45) is 9.50. The van der Waals surface area contributed by atoms with Crippen LogP contribution in [0.25, 0.3) is 11.1 Å². The van der Waals surface area contributed by atoms with E-state index in [1.54, 1.807) is 0 Å². The average molecular weight is 497 g/mol. The Kier molecular flexibility index (Phi) is 6.70. The monoisotopic (exact) mass is 496 g/mol. The average Bonchev–Trinajstić information content (AvgIpc) is 3.31. The fourth-order valence-corrected chi connectivity index (χ4v) is 6.20. The summed E-state index contributed by atoms with van der Waals surface area (Å²) in [6, 6.07) is 19.7. The lowest BCUT2D eigenvalue weighted by atomic mass is 9.89. The van der Waals surface area contributed by atoms with E-state index in [1.807, 2.05) is 36.5 Å². The molecule has 1 aliphatic carbocycles. The summed E-state index contributed by atoms with van der Waals surface area (Å²) in [4.78, 5) is 19.1. The van der Waals surface area contributed by atoms with Gasteiger partial charge in [0, 0.05) is 54.4 Å². The zero-order valence-electron chi connectivity index (χ0n) is 21.2. The van der Waals surface area contributed by atoms with Crippen LogP contribution >= 0.6 is 0 Å². The van der Waals surface area contributed by atoms with E-state index in [2.05, 4.69) is 50.1 Å². The topological polar surface area (TPSA) is 95.3 Å². The van der Waals surface area contributed by atoms with Gasteiger partial charge in [-0.05, 0) is 73.2 Å². The smallest absolute Gasteiger partial charge is 0.228 e. The Morgan fingerprint density at radius 1 is 0.973 bits per heavy atom. The van der Waals surface area contributed by atoms with E-state index in [0.717, 1.165) is 53.4 Å². The van der Waals surface area contributed by atoms with Gasteiger partial charge in [0.1, 0.15) is 5.82 Å². The molecule has 0 radical (unpaired) electrons. The van der Waals surface area contributed by atoms with Crippen molar-refractivity contribution in [3.05, 3.63) is 66.4 Å². The van der Waals surface area contributed by atoms with Gasteiger partial charge in [0.25, 0.3) is 0 Å². The summed E-state index contributed by atoms with van der Waals surface area (Å²) in [5.41, 5.74) is 12.1. The highest BCUT2D eigenvalue weighted by Crippen LogP contribution is 2.35. The Morgan fingerprint density at radius 3 is 2.68 bits per heavy atom. The van der Waals surface area contributed by atoms with Crippen LogP contribution in [0.5, 0.6) is 0 Å². The van der Waals surface area contributed by atoms with Crippen molar-refractivity contribution in [2.75, 3.05) is 34.4 Å². The number of amides is 1. The van der Waals surface area contributed by atoms with Crippen LogP contribution in [-0.2, 0) is 11.2 Å². The quantitative estimate of drug-likeness (QED) is 0.366. The van der Waals surface area contributed by atoms with Crippen LogP contribution in [0, 0.1) is 0 Å². The van der Waals surface area contributed by atoms with Crippen molar-refractivity contribution >= 4 is 28.8 Å². The molecule has 1 amide bonds. The van der Waals surface area contributed by atoms with E-state index in [0.29, 0.717) is 24.5 Å². The molecule has 6 rings (SSSR count). The molecule has 7 nitrogen and oxygen atoms in total. The van der Waals surface area contributed by atoms with Crippen LogP contribution in [0.1, 0.15) is 44.1 Å². The molecule has 2 aliphatic heterocycles. The van der Waals surface area contributed by atoms with Crippen LogP contribution in [0.2, 0.25) is 0 Å². The number of nitrogens with zero attached hydrogens (tertiary/aromatic N) is 2. The van der Waals surface area contributed by atoms with Gasteiger partial charge in [0.15, 0.2) is 0 Å². The molecular weight excluding hydrogens is 460 g/mol. The number of rotatable bonds is 6. The third-order valence-electron chi connectivity index (χ3n) is 8.07. The van der Waals surface area contributed by atoms with E-state index in [9.17, 15) is 4.79 Å². The second kappa shape index (κ2) is 10.4. The maximum Gasteiger partial charge on any atom is 0.228 e. The number of nitrogens with one attached hydrogen (secondary N) is 3. The number of benzene rings is 2. The highest BCUT2D eigenvalue weighted by molar-refractivity contribution is 6.03. The maximum absolute atomic E-state index is 12.0. The van der Waals surface area contributed by atoms with E-state index >= 15 is 0 Å². The summed E-state index contributed by atoms with van der Waals surface area (Å²) >= 11 is 0. The molecule has 192 valence electrons. The standard InChI is InChI=1S/C30H36N6O/c31-22-10-12-24(13-11-22)36-16-4-6-23(19-36)33-26-8-1-2-9-27(26)34-28-17-20(14-15-32-28)25-7-3-5-21-18-29(37)35-30(21)25/h3,5,7,10-15,17,23,26-27,33H,1-2,4,6,8-9,16,18-19,31H2,(H,32,34)(H,35,37)/t23-,26+,27+/m0/s1. The Balaban J connectivity index is 1.14. The Bertz CT molecular complexity index is 1260. The van der Waals surface area contributed by atoms with Gasteiger partial charge in [-0.3, -0.25) is 4.79 Å². The Hall–Kier alpha value is -3.58. The molecule has 1 aromatic heterocycles. The van der Waals surface area contributed by atoms with Crippen molar-refractivity contribution in [3.63, 3.8) is 0 Å². The fraction of sp³-hybridized carbons (Fsp3) is 0.400. The molecule has 1 saturated carbocycles. The highest BCUT2D eigenvalue weighted by Gasteiger charge is 2.30. The number of pyridine rings is 1. The van der Waals surface area contributed by atoms with Gasteiger partial charge in [-0.2, -0.15) is 0 Å². The lowest BCUT2D eigenvalue weighted by molar-refractivity contribution is -0.115. The first-order chi connectivity index (χ1) is 18.1. The summed E-state index contributed by atoms with van der Waals surface area (Å²) in [6.45, 7) is 2.11. The molecule has 0 spiro atoms. The van der Waals surface area contributed by atoms with Gasteiger partial charge in [-0.15, -0.1) is 0 Å². The number of carbonyl (C=O) groups is 1.